The van der Waals surface area contributed by atoms with Gasteiger partial charge < -0.3 is 4.74 Å². The third-order valence-electron chi connectivity index (χ3n) is 2.36. The fourth-order valence-corrected chi connectivity index (χ4v) is 1.59. The summed E-state index contributed by atoms with van der Waals surface area (Å²) in [6, 6.07) is 8.94. The van der Waals surface area contributed by atoms with E-state index in [1.165, 1.54) is 5.01 Å². The van der Waals surface area contributed by atoms with E-state index in [1.54, 1.807) is 24.3 Å². The molecule has 0 fully saturated rings. The highest BCUT2D eigenvalue weighted by Crippen LogP contribution is 2.14. The van der Waals surface area contributed by atoms with Crippen LogP contribution in [0.2, 0.25) is 5.02 Å². The molecule has 18 heavy (non-hydrogen) atoms. The fraction of sp³-hybridized carbons (Fsp3) is 0.250. The lowest BCUT2D eigenvalue weighted by atomic mass is 10.2. The first kappa shape index (κ1) is 12.4. The first-order chi connectivity index (χ1) is 8.70. The Hall–Kier alpha value is -2.06. The van der Waals surface area contributed by atoms with Crippen molar-refractivity contribution < 1.29 is 9.53 Å². The van der Waals surface area contributed by atoms with E-state index >= 15 is 0 Å². The van der Waals surface area contributed by atoms with Crippen LogP contribution in [0.15, 0.2) is 29.4 Å². The molecule has 1 aliphatic heterocycles. The van der Waals surface area contributed by atoms with Gasteiger partial charge in [-0.3, -0.25) is 4.79 Å². The standard InChI is InChI=1S/C12H10ClN3O2/c13-10-4-2-9(3-5-10)12-15-16(7-1-6-14)11(17)8-18-12/h2-5H,1,7-8H2. The van der Waals surface area contributed by atoms with Crippen LogP contribution in [-0.2, 0) is 9.53 Å². The number of benzene rings is 1. The zero-order valence-corrected chi connectivity index (χ0v) is 10.2. The lowest BCUT2D eigenvalue weighted by Crippen LogP contribution is -2.37. The lowest BCUT2D eigenvalue weighted by molar-refractivity contribution is -0.135. The quantitative estimate of drug-likeness (QED) is 0.835. The van der Waals surface area contributed by atoms with Gasteiger partial charge in [0.2, 0.25) is 5.90 Å². The molecule has 1 heterocycles. The molecule has 0 unspecified atom stereocenters. The number of hydrazone groups is 1. The van der Waals surface area contributed by atoms with Crippen LogP contribution in [-0.4, -0.2) is 30.0 Å². The van der Waals surface area contributed by atoms with Gasteiger partial charge in [-0.1, -0.05) is 11.6 Å². The predicted octanol–water partition coefficient (Wildman–Crippen LogP) is 1.77. The van der Waals surface area contributed by atoms with Crippen molar-refractivity contribution in [2.24, 2.45) is 5.10 Å². The summed E-state index contributed by atoms with van der Waals surface area (Å²) < 4.78 is 5.26. The summed E-state index contributed by atoms with van der Waals surface area (Å²) in [6.07, 6.45) is 0.239. The molecule has 5 nitrogen and oxygen atoms in total. The van der Waals surface area contributed by atoms with E-state index in [0.29, 0.717) is 10.9 Å². The van der Waals surface area contributed by atoms with Crippen LogP contribution in [0.25, 0.3) is 0 Å². The monoisotopic (exact) mass is 263 g/mol. The summed E-state index contributed by atoms with van der Waals surface area (Å²) in [5.41, 5.74) is 0.744. The second kappa shape index (κ2) is 5.52. The van der Waals surface area contributed by atoms with E-state index in [9.17, 15) is 4.79 Å². The molecule has 1 aromatic carbocycles. The van der Waals surface area contributed by atoms with Crippen molar-refractivity contribution in [1.82, 2.24) is 5.01 Å². The largest absolute Gasteiger partial charge is 0.466 e. The maximum absolute atomic E-state index is 11.5. The SMILES string of the molecule is N#CCCN1N=C(c2ccc(Cl)cc2)OCC1=O. The van der Waals surface area contributed by atoms with Crippen molar-refractivity contribution in [1.29, 1.82) is 5.26 Å². The van der Waals surface area contributed by atoms with Gasteiger partial charge in [-0.2, -0.15) is 5.26 Å². The molecule has 1 aromatic rings. The number of hydrogen-bond donors (Lipinski definition) is 0. The third kappa shape index (κ3) is 2.79. The van der Waals surface area contributed by atoms with Gasteiger partial charge in [0.15, 0.2) is 6.61 Å². The number of rotatable bonds is 3. The highest BCUT2D eigenvalue weighted by molar-refractivity contribution is 6.30. The average Bonchev–Trinajstić information content (AvgIpc) is 2.39. The molecule has 0 aromatic heterocycles. The maximum Gasteiger partial charge on any atom is 0.280 e. The van der Waals surface area contributed by atoms with Crippen LogP contribution in [0.3, 0.4) is 0 Å². The van der Waals surface area contributed by atoms with E-state index in [4.69, 9.17) is 21.6 Å². The first-order valence-corrected chi connectivity index (χ1v) is 5.73. The number of ether oxygens (including phenoxy) is 1. The van der Waals surface area contributed by atoms with Crippen molar-refractivity contribution in [2.45, 2.75) is 6.42 Å². The van der Waals surface area contributed by atoms with Crippen LogP contribution < -0.4 is 0 Å². The van der Waals surface area contributed by atoms with Gasteiger partial charge in [-0.15, -0.1) is 5.10 Å². The summed E-state index contributed by atoms with van der Waals surface area (Å²) >= 11 is 5.79. The minimum absolute atomic E-state index is 0.0626. The maximum atomic E-state index is 11.5. The number of halogens is 1. The Bertz CT molecular complexity index is 519. The molecule has 0 bridgehead atoms. The summed E-state index contributed by atoms with van der Waals surface area (Å²) in [5, 5.41) is 14.5. The first-order valence-electron chi connectivity index (χ1n) is 5.35. The van der Waals surface area contributed by atoms with Crippen LogP contribution >= 0.6 is 11.6 Å². The Balaban J connectivity index is 2.20. The molecule has 0 radical (unpaired) electrons. The predicted molar refractivity (Wildman–Crippen MR) is 65.9 cm³/mol. The zero-order valence-electron chi connectivity index (χ0n) is 9.47. The minimum atomic E-state index is -0.247. The van der Waals surface area contributed by atoms with Crippen molar-refractivity contribution >= 4 is 23.4 Å². The van der Waals surface area contributed by atoms with Gasteiger partial charge in [-0.25, -0.2) is 5.01 Å². The Morgan fingerprint density at radius 1 is 1.44 bits per heavy atom. The van der Waals surface area contributed by atoms with Gasteiger partial charge >= 0.3 is 0 Å². The Morgan fingerprint density at radius 3 is 2.83 bits per heavy atom. The number of amides is 1. The van der Waals surface area contributed by atoms with Crippen molar-refractivity contribution in [3.05, 3.63) is 34.9 Å². The Kier molecular flexibility index (Phi) is 3.80. The molecule has 0 saturated heterocycles. The van der Waals surface area contributed by atoms with E-state index in [2.05, 4.69) is 5.10 Å². The molecule has 6 heteroatoms. The van der Waals surface area contributed by atoms with Gasteiger partial charge in [0, 0.05) is 10.6 Å². The smallest absolute Gasteiger partial charge is 0.280 e. The number of carbonyl (C=O) groups excluding carboxylic acids is 1. The molecule has 1 aliphatic rings. The molecule has 0 N–H and O–H groups in total. The molecular weight excluding hydrogens is 254 g/mol. The van der Waals surface area contributed by atoms with Crippen molar-refractivity contribution in [3.63, 3.8) is 0 Å². The van der Waals surface area contributed by atoms with Gasteiger partial charge in [0.05, 0.1) is 19.0 Å². The zero-order chi connectivity index (χ0) is 13.0. The second-order valence-corrected chi connectivity index (χ2v) is 4.06. The highest BCUT2D eigenvalue weighted by Gasteiger charge is 2.21. The summed E-state index contributed by atoms with van der Waals surface area (Å²) in [7, 11) is 0. The van der Waals surface area contributed by atoms with Gasteiger partial charge in [0.25, 0.3) is 5.91 Å². The average molecular weight is 264 g/mol. The molecule has 0 atom stereocenters. The number of carbonyl (C=O) groups is 1. The van der Waals surface area contributed by atoms with Crippen LogP contribution in [0.5, 0.6) is 0 Å². The highest BCUT2D eigenvalue weighted by atomic mass is 35.5. The van der Waals surface area contributed by atoms with E-state index in [0.717, 1.165) is 5.56 Å². The third-order valence-corrected chi connectivity index (χ3v) is 2.61. The van der Waals surface area contributed by atoms with Crippen LogP contribution in [0.1, 0.15) is 12.0 Å². The molecule has 0 spiro atoms. The minimum Gasteiger partial charge on any atom is -0.466 e. The topological polar surface area (TPSA) is 65.7 Å². The van der Waals surface area contributed by atoms with Crippen molar-refractivity contribution in [2.75, 3.05) is 13.2 Å². The Morgan fingerprint density at radius 2 is 2.17 bits per heavy atom. The van der Waals surface area contributed by atoms with Crippen LogP contribution in [0, 0.1) is 11.3 Å². The molecule has 2 rings (SSSR count). The summed E-state index contributed by atoms with van der Waals surface area (Å²) in [6.45, 7) is 0.211. The Labute approximate surface area is 109 Å². The van der Waals surface area contributed by atoms with Gasteiger partial charge in [0.1, 0.15) is 0 Å². The van der Waals surface area contributed by atoms with E-state index in [1.807, 2.05) is 6.07 Å². The normalized spacial score (nSPS) is 14.8. The molecular formula is C12H10ClN3O2. The molecule has 0 saturated carbocycles. The second-order valence-electron chi connectivity index (χ2n) is 3.63. The van der Waals surface area contributed by atoms with E-state index in [-0.39, 0.29) is 25.5 Å². The molecule has 1 amide bonds. The van der Waals surface area contributed by atoms with E-state index < -0.39 is 0 Å². The number of nitrogens with zero attached hydrogens (tertiary/aromatic N) is 3. The van der Waals surface area contributed by atoms with Gasteiger partial charge in [-0.05, 0) is 24.3 Å². The van der Waals surface area contributed by atoms with Crippen molar-refractivity contribution in [3.8, 4) is 6.07 Å². The molecule has 0 aliphatic carbocycles. The summed E-state index contributed by atoms with van der Waals surface area (Å²) in [4.78, 5) is 11.5. The molecule has 92 valence electrons. The summed E-state index contributed by atoms with van der Waals surface area (Å²) in [5.74, 6) is 0.118. The number of nitriles is 1. The van der Waals surface area contributed by atoms with Crippen LogP contribution in [0.4, 0.5) is 0 Å². The fourth-order valence-electron chi connectivity index (χ4n) is 1.46. The number of hydrogen-bond acceptors (Lipinski definition) is 4. The lowest BCUT2D eigenvalue weighted by Gasteiger charge is -2.22.